The Hall–Kier alpha value is -2.27. The highest BCUT2D eigenvalue weighted by Gasteiger charge is 2.27. The number of sulfonamides is 2. The van der Waals surface area contributed by atoms with E-state index in [1.54, 1.807) is 0 Å². The molecule has 0 amide bonds. The number of benzene rings is 1. The van der Waals surface area contributed by atoms with Gasteiger partial charge in [-0.05, 0) is 49.2 Å². The molecule has 3 heterocycles. The molecule has 10 heteroatoms. The van der Waals surface area contributed by atoms with Gasteiger partial charge in [0.1, 0.15) is 5.65 Å². The van der Waals surface area contributed by atoms with Crippen LogP contribution in [0.15, 0.2) is 64.6 Å². The number of nitrogens with zero attached hydrogens (tertiary/aromatic N) is 3. The zero-order chi connectivity index (χ0) is 20.5. The maximum absolute atomic E-state index is 12.6. The first-order chi connectivity index (χ1) is 13.9. The fraction of sp³-hybridized carbons (Fsp3) is 0.316. The van der Waals surface area contributed by atoms with Crippen molar-refractivity contribution >= 4 is 25.7 Å². The second kappa shape index (κ2) is 7.86. The van der Waals surface area contributed by atoms with Crippen LogP contribution in [0.2, 0.25) is 0 Å². The minimum atomic E-state index is -3.73. The van der Waals surface area contributed by atoms with E-state index in [-0.39, 0.29) is 16.3 Å². The molecule has 0 atom stereocenters. The minimum Gasteiger partial charge on any atom is -0.307 e. The highest BCUT2D eigenvalue weighted by Crippen LogP contribution is 2.22. The third-order valence-electron chi connectivity index (χ3n) is 4.92. The predicted molar refractivity (Wildman–Crippen MR) is 109 cm³/mol. The van der Waals surface area contributed by atoms with Gasteiger partial charge in [0.15, 0.2) is 0 Å². The van der Waals surface area contributed by atoms with Crippen molar-refractivity contribution in [2.45, 2.75) is 29.1 Å². The van der Waals surface area contributed by atoms with Gasteiger partial charge in [-0.2, -0.15) is 4.31 Å². The summed E-state index contributed by atoms with van der Waals surface area (Å²) in [5.74, 6) is 0. The van der Waals surface area contributed by atoms with Gasteiger partial charge < -0.3 is 4.40 Å². The van der Waals surface area contributed by atoms with E-state index < -0.39 is 20.0 Å². The predicted octanol–water partition coefficient (Wildman–Crippen LogP) is 1.64. The normalized spacial score (nSPS) is 15.9. The smallest absolute Gasteiger partial charge is 0.243 e. The average Bonchev–Trinajstić information content (AvgIpc) is 3.38. The van der Waals surface area contributed by atoms with Crippen LogP contribution in [0, 0.1) is 0 Å². The van der Waals surface area contributed by atoms with E-state index in [2.05, 4.69) is 9.71 Å². The zero-order valence-electron chi connectivity index (χ0n) is 15.7. The van der Waals surface area contributed by atoms with Crippen LogP contribution in [0.3, 0.4) is 0 Å². The first-order valence-electron chi connectivity index (χ1n) is 9.39. The first-order valence-corrected chi connectivity index (χ1v) is 12.3. The van der Waals surface area contributed by atoms with E-state index in [4.69, 9.17) is 0 Å². The lowest BCUT2D eigenvalue weighted by Crippen LogP contribution is -2.28. The lowest BCUT2D eigenvalue weighted by atomic mass is 10.3. The summed E-state index contributed by atoms with van der Waals surface area (Å²) in [5, 5.41) is 0. The number of imidazole rings is 1. The summed E-state index contributed by atoms with van der Waals surface area (Å²) in [4.78, 5) is 4.59. The van der Waals surface area contributed by atoms with Crippen LogP contribution in [0.5, 0.6) is 0 Å². The van der Waals surface area contributed by atoms with Crippen molar-refractivity contribution in [2.24, 2.45) is 0 Å². The van der Waals surface area contributed by atoms with Crippen LogP contribution < -0.4 is 4.72 Å². The van der Waals surface area contributed by atoms with Gasteiger partial charge in [0, 0.05) is 38.4 Å². The average molecular weight is 435 g/mol. The van der Waals surface area contributed by atoms with E-state index in [1.807, 2.05) is 35.0 Å². The molecule has 2 aromatic heterocycles. The van der Waals surface area contributed by atoms with Crippen molar-refractivity contribution in [3.8, 4) is 0 Å². The lowest BCUT2D eigenvalue weighted by molar-refractivity contribution is 0.477. The molecule has 0 bridgehead atoms. The molecule has 1 fully saturated rings. The maximum Gasteiger partial charge on any atom is 0.243 e. The third-order valence-corrected chi connectivity index (χ3v) is 8.31. The number of nitrogens with one attached hydrogen (secondary N) is 1. The van der Waals surface area contributed by atoms with Gasteiger partial charge in [-0.3, -0.25) is 0 Å². The van der Waals surface area contributed by atoms with Crippen molar-refractivity contribution in [2.75, 3.05) is 19.6 Å². The number of hydrogen-bond donors (Lipinski definition) is 1. The van der Waals surface area contributed by atoms with Crippen molar-refractivity contribution < 1.29 is 16.8 Å². The van der Waals surface area contributed by atoms with Crippen molar-refractivity contribution in [3.05, 3.63) is 60.6 Å². The largest absolute Gasteiger partial charge is 0.307 e. The number of fused-ring (bicyclic) bond motifs is 1. The van der Waals surface area contributed by atoms with Crippen LogP contribution in [0.4, 0.5) is 0 Å². The van der Waals surface area contributed by atoms with E-state index in [1.165, 1.54) is 28.6 Å². The molecule has 0 aliphatic carbocycles. The van der Waals surface area contributed by atoms with Crippen LogP contribution >= 0.6 is 0 Å². The van der Waals surface area contributed by atoms with Gasteiger partial charge in [0.05, 0.1) is 15.5 Å². The summed E-state index contributed by atoms with van der Waals surface area (Å²) in [5.41, 5.74) is 1.59. The molecule has 0 radical (unpaired) electrons. The molecule has 0 spiro atoms. The molecule has 4 rings (SSSR count). The monoisotopic (exact) mass is 434 g/mol. The van der Waals surface area contributed by atoms with Crippen LogP contribution in [0.25, 0.3) is 5.65 Å². The summed E-state index contributed by atoms with van der Waals surface area (Å²) in [7, 11) is -7.29. The number of rotatable bonds is 7. The Morgan fingerprint density at radius 2 is 1.62 bits per heavy atom. The second-order valence-electron chi connectivity index (χ2n) is 6.93. The standard InChI is InChI=1S/C19H22N4O4S2/c24-28(25,20-11-10-16-15-22-12-2-1-5-19(22)21-16)17-6-8-18(9-7-17)29(26,27)23-13-3-4-14-23/h1-2,5-9,12,15,20H,3-4,10-11,13-14H2. The minimum absolute atomic E-state index is 0.0351. The van der Waals surface area contributed by atoms with Gasteiger partial charge in [0.2, 0.25) is 20.0 Å². The molecule has 29 heavy (non-hydrogen) atoms. The van der Waals surface area contributed by atoms with Gasteiger partial charge in [-0.1, -0.05) is 6.07 Å². The summed E-state index contributed by atoms with van der Waals surface area (Å²) < 4.78 is 56.0. The molecule has 1 N–H and O–H groups in total. The van der Waals surface area contributed by atoms with Gasteiger partial charge in [-0.25, -0.2) is 26.5 Å². The zero-order valence-corrected chi connectivity index (χ0v) is 17.4. The maximum atomic E-state index is 12.6. The Bertz CT molecular complexity index is 1180. The van der Waals surface area contributed by atoms with E-state index in [9.17, 15) is 16.8 Å². The molecule has 154 valence electrons. The molecule has 0 saturated carbocycles. The highest BCUT2D eigenvalue weighted by molar-refractivity contribution is 7.89. The Labute approximate surface area is 170 Å². The molecule has 1 saturated heterocycles. The molecular formula is C19H22N4O4S2. The topological polar surface area (TPSA) is 101 Å². The van der Waals surface area contributed by atoms with Crippen molar-refractivity contribution in [1.29, 1.82) is 0 Å². The van der Waals surface area contributed by atoms with E-state index >= 15 is 0 Å². The van der Waals surface area contributed by atoms with Gasteiger partial charge >= 0.3 is 0 Å². The summed E-state index contributed by atoms with van der Waals surface area (Å²) >= 11 is 0. The number of hydrogen-bond acceptors (Lipinski definition) is 5. The van der Waals surface area contributed by atoms with Crippen LogP contribution in [-0.4, -0.2) is 50.2 Å². The Kier molecular flexibility index (Phi) is 5.43. The number of pyridine rings is 1. The third kappa shape index (κ3) is 4.20. The van der Waals surface area contributed by atoms with Crippen molar-refractivity contribution in [1.82, 2.24) is 18.4 Å². The molecule has 0 unspecified atom stereocenters. The molecule has 1 aromatic carbocycles. The van der Waals surface area contributed by atoms with Gasteiger partial charge in [0.25, 0.3) is 0 Å². The van der Waals surface area contributed by atoms with Crippen LogP contribution in [0.1, 0.15) is 18.5 Å². The van der Waals surface area contributed by atoms with Crippen LogP contribution in [-0.2, 0) is 26.5 Å². The first kappa shape index (κ1) is 20.0. The molecule has 3 aromatic rings. The molecule has 8 nitrogen and oxygen atoms in total. The van der Waals surface area contributed by atoms with E-state index in [0.717, 1.165) is 24.2 Å². The molecule has 1 aliphatic rings. The Balaban J connectivity index is 1.41. The summed E-state index contributed by atoms with van der Waals surface area (Å²) in [6, 6.07) is 11.0. The quantitative estimate of drug-likeness (QED) is 0.609. The molecule has 1 aliphatic heterocycles. The summed E-state index contributed by atoms with van der Waals surface area (Å²) in [6.45, 7) is 1.21. The second-order valence-corrected chi connectivity index (χ2v) is 10.6. The van der Waals surface area contributed by atoms with E-state index in [0.29, 0.717) is 19.5 Å². The van der Waals surface area contributed by atoms with Gasteiger partial charge in [-0.15, -0.1) is 0 Å². The fourth-order valence-electron chi connectivity index (χ4n) is 3.37. The SMILES string of the molecule is O=S(=O)(NCCc1cn2ccccc2n1)c1ccc(S(=O)(=O)N2CCCC2)cc1. The summed E-state index contributed by atoms with van der Waals surface area (Å²) in [6.07, 6.45) is 5.89. The molecular weight excluding hydrogens is 412 g/mol. The Morgan fingerprint density at radius 3 is 2.31 bits per heavy atom. The Morgan fingerprint density at radius 1 is 0.931 bits per heavy atom. The highest BCUT2D eigenvalue weighted by atomic mass is 32.2. The van der Waals surface area contributed by atoms with Crippen molar-refractivity contribution in [3.63, 3.8) is 0 Å². The number of aromatic nitrogens is 2. The lowest BCUT2D eigenvalue weighted by Gasteiger charge is -2.15. The fourth-order valence-corrected chi connectivity index (χ4v) is 5.92.